The highest BCUT2D eigenvalue weighted by atomic mass is 15.3. The van der Waals surface area contributed by atoms with Gasteiger partial charge in [0.2, 0.25) is 0 Å². The predicted octanol–water partition coefficient (Wildman–Crippen LogP) is 3.43. The van der Waals surface area contributed by atoms with Crippen molar-refractivity contribution in [3.05, 3.63) is 35.4 Å². The molecule has 1 aliphatic heterocycles. The monoisotopic (exact) mass is 307 g/mol. The average Bonchev–Trinajstić information content (AvgIpc) is 2.96. The summed E-state index contributed by atoms with van der Waals surface area (Å²) in [5.41, 5.74) is 4.44. The van der Waals surface area contributed by atoms with Crippen molar-refractivity contribution in [2.75, 3.05) is 38.1 Å². The Morgan fingerprint density at radius 1 is 1.04 bits per heavy atom. The van der Waals surface area contributed by atoms with E-state index in [0.29, 0.717) is 0 Å². The van der Waals surface area contributed by atoms with E-state index in [2.05, 4.69) is 41.1 Å². The van der Waals surface area contributed by atoms with Gasteiger partial charge >= 0.3 is 0 Å². The van der Waals surface area contributed by atoms with Crippen molar-refractivity contribution in [2.24, 2.45) is 5.92 Å². The van der Waals surface area contributed by atoms with Crippen LogP contribution >= 0.6 is 0 Å². The molecular weight excluding hydrogens is 282 g/mol. The zero-order valence-corrected chi connectivity index (χ0v) is 14.0. The first kappa shape index (κ1) is 13.8. The number of aromatic nitrogens is 1. The highest BCUT2D eigenvalue weighted by Crippen LogP contribution is 2.50. The summed E-state index contributed by atoms with van der Waals surface area (Å²) < 4.78 is 0. The molecule has 23 heavy (non-hydrogen) atoms. The second-order valence-electron chi connectivity index (χ2n) is 7.72. The largest absolute Gasteiger partial charge is 0.354 e. The van der Waals surface area contributed by atoms with Crippen molar-refractivity contribution in [1.82, 2.24) is 9.88 Å². The van der Waals surface area contributed by atoms with Gasteiger partial charge in [-0.3, -0.25) is 0 Å². The third kappa shape index (κ3) is 2.17. The van der Waals surface area contributed by atoms with Crippen molar-refractivity contribution in [2.45, 2.75) is 31.6 Å². The zero-order chi connectivity index (χ0) is 15.4. The van der Waals surface area contributed by atoms with Crippen LogP contribution in [-0.4, -0.2) is 43.1 Å². The Bertz CT molecular complexity index is 746. The third-order valence-electron chi connectivity index (χ3n) is 6.26. The fraction of sp³-hybridized carbons (Fsp3) is 0.550. The van der Waals surface area contributed by atoms with Gasteiger partial charge in [-0.05, 0) is 61.8 Å². The molecule has 0 spiro atoms. The number of hydrogen-bond donors (Lipinski definition) is 0. The number of nitrogens with zero attached hydrogens (tertiary/aromatic N) is 3. The van der Waals surface area contributed by atoms with Crippen LogP contribution in [0.4, 0.5) is 5.82 Å². The lowest BCUT2D eigenvalue weighted by Crippen LogP contribution is -2.45. The highest BCUT2D eigenvalue weighted by Gasteiger charge is 2.36. The van der Waals surface area contributed by atoms with Gasteiger partial charge in [-0.15, -0.1) is 0 Å². The topological polar surface area (TPSA) is 19.4 Å². The molecule has 0 unspecified atom stereocenters. The molecule has 5 rings (SSSR count). The number of pyridine rings is 1. The number of piperazine rings is 1. The van der Waals surface area contributed by atoms with Crippen molar-refractivity contribution in [1.29, 1.82) is 0 Å². The Morgan fingerprint density at radius 2 is 1.87 bits per heavy atom. The van der Waals surface area contributed by atoms with E-state index in [-0.39, 0.29) is 0 Å². The molecule has 2 aromatic rings. The lowest BCUT2D eigenvalue weighted by molar-refractivity contribution is 0.311. The number of anilines is 1. The second-order valence-corrected chi connectivity index (χ2v) is 7.72. The molecule has 3 heteroatoms. The number of fused-ring (bicyclic) bond motifs is 6. The number of para-hydroxylation sites is 1. The van der Waals surface area contributed by atoms with Gasteiger partial charge in [-0.25, -0.2) is 4.98 Å². The molecule has 1 saturated carbocycles. The first-order valence-corrected chi connectivity index (χ1v) is 9.14. The second kappa shape index (κ2) is 5.20. The quantitative estimate of drug-likeness (QED) is 0.804. The first-order chi connectivity index (χ1) is 11.3. The molecule has 1 aromatic carbocycles. The van der Waals surface area contributed by atoms with Gasteiger partial charge in [0.25, 0.3) is 0 Å². The van der Waals surface area contributed by atoms with Crippen LogP contribution in [0.15, 0.2) is 24.3 Å². The molecule has 1 aromatic heterocycles. The van der Waals surface area contributed by atoms with Gasteiger partial charge < -0.3 is 9.80 Å². The van der Waals surface area contributed by atoms with Crippen LogP contribution in [0.5, 0.6) is 0 Å². The molecule has 0 amide bonds. The van der Waals surface area contributed by atoms with Gasteiger partial charge in [-0.1, -0.05) is 18.2 Å². The minimum absolute atomic E-state index is 0.780. The minimum Gasteiger partial charge on any atom is -0.354 e. The maximum atomic E-state index is 5.14. The molecule has 3 aliphatic rings. The predicted molar refractivity (Wildman–Crippen MR) is 95.2 cm³/mol. The van der Waals surface area contributed by atoms with E-state index in [1.54, 1.807) is 11.1 Å². The fourth-order valence-electron chi connectivity index (χ4n) is 5.02. The maximum absolute atomic E-state index is 5.14. The van der Waals surface area contributed by atoms with E-state index in [1.807, 2.05) is 0 Å². The third-order valence-corrected chi connectivity index (χ3v) is 6.26. The molecule has 120 valence electrons. The summed E-state index contributed by atoms with van der Waals surface area (Å²) in [6.45, 7) is 4.53. The molecule has 1 saturated heterocycles. The Balaban J connectivity index is 1.69. The molecule has 2 heterocycles. The van der Waals surface area contributed by atoms with Crippen LogP contribution < -0.4 is 4.90 Å². The van der Waals surface area contributed by atoms with E-state index >= 15 is 0 Å². The van der Waals surface area contributed by atoms with E-state index in [4.69, 9.17) is 4.98 Å². The minimum atomic E-state index is 0.780. The standard InChI is InChI=1S/C20H25N3/c1-22-8-10-23(11-9-22)20-17-13-14-6-7-15(12-14)19(17)16-4-2-3-5-18(16)21-20/h2-5,14-15H,6-13H2,1H3/t14-,15+/m0/s1. The summed E-state index contributed by atoms with van der Waals surface area (Å²) >= 11 is 0. The number of hydrogen-bond acceptors (Lipinski definition) is 3. The van der Waals surface area contributed by atoms with Gasteiger partial charge in [0, 0.05) is 31.6 Å². The van der Waals surface area contributed by atoms with Gasteiger partial charge in [0.1, 0.15) is 5.82 Å². The molecule has 2 aliphatic carbocycles. The van der Waals surface area contributed by atoms with Crippen molar-refractivity contribution >= 4 is 16.7 Å². The van der Waals surface area contributed by atoms with E-state index in [0.717, 1.165) is 38.0 Å². The Kier molecular flexibility index (Phi) is 3.12. The summed E-state index contributed by atoms with van der Waals surface area (Å²) in [6, 6.07) is 8.82. The molecule has 2 atom stereocenters. The molecular formula is C20H25N3. The van der Waals surface area contributed by atoms with Crippen molar-refractivity contribution < 1.29 is 0 Å². The SMILES string of the molecule is CN1CCN(c2nc3ccccc3c3c2C[C@H]2CC[C@@H]3C2)CC1. The molecule has 2 fully saturated rings. The average molecular weight is 307 g/mol. The number of benzene rings is 1. The first-order valence-electron chi connectivity index (χ1n) is 9.14. The summed E-state index contributed by atoms with van der Waals surface area (Å²) in [5, 5.41) is 1.42. The summed E-state index contributed by atoms with van der Waals surface area (Å²) in [5.74, 6) is 2.99. The summed E-state index contributed by atoms with van der Waals surface area (Å²) in [7, 11) is 2.22. The fourth-order valence-corrected chi connectivity index (χ4v) is 5.02. The Hall–Kier alpha value is -1.61. The highest BCUT2D eigenvalue weighted by molar-refractivity contribution is 5.87. The van der Waals surface area contributed by atoms with Crippen LogP contribution in [0.2, 0.25) is 0 Å². The summed E-state index contributed by atoms with van der Waals surface area (Å²) in [6.07, 6.45) is 5.46. The molecule has 2 bridgehead atoms. The van der Waals surface area contributed by atoms with Crippen LogP contribution in [0, 0.1) is 5.92 Å². The summed E-state index contributed by atoms with van der Waals surface area (Å²) in [4.78, 5) is 10.1. The van der Waals surface area contributed by atoms with Gasteiger partial charge in [0.15, 0.2) is 0 Å². The zero-order valence-electron chi connectivity index (χ0n) is 14.0. The number of rotatable bonds is 1. The normalized spacial score (nSPS) is 27.4. The van der Waals surface area contributed by atoms with Crippen LogP contribution in [-0.2, 0) is 6.42 Å². The Morgan fingerprint density at radius 3 is 2.74 bits per heavy atom. The molecule has 0 N–H and O–H groups in total. The molecule has 0 radical (unpaired) electrons. The van der Waals surface area contributed by atoms with Crippen LogP contribution in [0.25, 0.3) is 10.9 Å². The van der Waals surface area contributed by atoms with Gasteiger partial charge in [0.05, 0.1) is 5.52 Å². The van der Waals surface area contributed by atoms with Crippen LogP contribution in [0.3, 0.4) is 0 Å². The van der Waals surface area contributed by atoms with Crippen molar-refractivity contribution in [3.8, 4) is 0 Å². The van der Waals surface area contributed by atoms with Crippen molar-refractivity contribution in [3.63, 3.8) is 0 Å². The maximum Gasteiger partial charge on any atom is 0.132 e. The lowest BCUT2D eigenvalue weighted by atomic mass is 9.81. The number of likely N-dealkylation sites (N-methyl/N-ethyl adjacent to an activating group) is 1. The van der Waals surface area contributed by atoms with Crippen LogP contribution in [0.1, 0.15) is 36.3 Å². The van der Waals surface area contributed by atoms with Gasteiger partial charge in [-0.2, -0.15) is 0 Å². The van der Waals surface area contributed by atoms with E-state index < -0.39 is 0 Å². The van der Waals surface area contributed by atoms with E-state index in [9.17, 15) is 0 Å². The Labute approximate surface area is 138 Å². The molecule has 3 nitrogen and oxygen atoms in total. The van der Waals surface area contributed by atoms with E-state index in [1.165, 1.54) is 42.4 Å². The lowest BCUT2D eigenvalue weighted by Gasteiger charge is -2.36. The smallest absolute Gasteiger partial charge is 0.132 e.